The Hall–Kier alpha value is -1.36. The third kappa shape index (κ3) is 3.44. The van der Waals surface area contributed by atoms with Crippen molar-refractivity contribution in [2.24, 2.45) is 0 Å². The molecule has 23 heavy (non-hydrogen) atoms. The van der Waals surface area contributed by atoms with Gasteiger partial charge in [0.1, 0.15) is 18.0 Å². The van der Waals surface area contributed by atoms with Gasteiger partial charge in [-0.1, -0.05) is 0 Å². The zero-order valence-electron chi connectivity index (χ0n) is 12.0. The van der Waals surface area contributed by atoms with E-state index in [9.17, 15) is 21.6 Å². The van der Waals surface area contributed by atoms with Gasteiger partial charge in [-0.05, 0) is 24.3 Å². The van der Waals surface area contributed by atoms with E-state index < -0.39 is 28.2 Å². The van der Waals surface area contributed by atoms with Crippen LogP contribution in [0.1, 0.15) is 0 Å². The first-order valence-corrected chi connectivity index (χ1v) is 8.19. The van der Waals surface area contributed by atoms with Crippen molar-refractivity contribution < 1.29 is 35.8 Å². The van der Waals surface area contributed by atoms with E-state index >= 15 is 0 Å². The Kier molecular flexibility index (Phi) is 4.03. The fourth-order valence-corrected chi connectivity index (χ4v) is 3.85. The number of rotatable bonds is 4. The second-order valence-corrected chi connectivity index (χ2v) is 7.28. The highest BCUT2D eigenvalue weighted by molar-refractivity contribution is 7.89. The fraction of sp³-hybridized carbons (Fsp3) is 0.538. The Morgan fingerprint density at radius 2 is 1.87 bits per heavy atom. The van der Waals surface area contributed by atoms with Crippen molar-refractivity contribution in [3.8, 4) is 5.75 Å². The molecule has 1 unspecified atom stereocenters. The van der Waals surface area contributed by atoms with Crippen LogP contribution >= 0.6 is 0 Å². The van der Waals surface area contributed by atoms with E-state index in [0.29, 0.717) is 6.61 Å². The topological polar surface area (TPSA) is 68.4 Å². The summed E-state index contributed by atoms with van der Waals surface area (Å²) in [5.74, 6) is -0.481. The van der Waals surface area contributed by atoms with Gasteiger partial charge in [0.2, 0.25) is 10.0 Å². The van der Waals surface area contributed by atoms with Crippen molar-refractivity contribution in [1.29, 1.82) is 0 Å². The van der Waals surface area contributed by atoms with Gasteiger partial charge < -0.3 is 14.2 Å². The third-order valence-electron chi connectivity index (χ3n) is 3.77. The van der Waals surface area contributed by atoms with E-state index in [1.54, 1.807) is 0 Å². The number of alkyl halides is 3. The number of nitrogens with zero attached hydrogens (tertiary/aromatic N) is 1. The molecule has 2 fully saturated rings. The van der Waals surface area contributed by atoms with Gasteiger partial charge >= 0.3 is 6.36 Å². The Morgan fingerprint density at radius 1 is 1.22 bits per heavy atom. The fourth-order valence-electron chi connectivity index (χ4n) is 2.50. The molecule has 0 N–H and O–H groups in total. The number of hydrogen-bond acceptors (Lipinski definition) is 5. The summed E-state index contributed by atoms with van der Waals surface area (Å²) in [5, 5.41) is 0. The maximum absolute atomic E-state index is 12.5. The number of likely N-dealkylation sites (N-methyl/N-ethyl adjacent to an activating group) is 1. The van der Waals surface area contributed by atoms with E-state index in [4.69, 9.17) is 9.47 Å². The van der Waals surface area contributed by atoms with Crippen molar-refractivity contribution in [1.82, 2.24) is 4.31 Å². The highest BCUT2D eigenvalue weighted by atomic mass is 32.2. The molecule has 3 rings (SSSR count). The normalized spacial score (nSPS) is 27.6. The molecule has 2 saturated heterocycles. The summed E-state index contributed by atoms with van der Waals surface area (Å²) in [6.07, 6.45) is -5.11. The van der Waals surface area contributed by atoms with Gasteiger partial charge in [0.25, 0.3) is 0 Å². The molecule has 0 spiro atoms. The van der Waals surface area contributed by atoms with Crippen molar-refractivity contribution in [3.05, 3.63) is 24.3 Å². The summed E-state index contributed by atoms with van der Waals surface area (Å²) in [6, 6.07) is 3.61. The van der Waals surface area contributed by atoms with Crippen LogP contribution in [-0.4, -0.2) is 57.6 Å². The van der Waals surface area contributed by atoms with E-state index in [0.717, 1.165) is 28.6 Å². The summed E-state index contributed by atoms with van der Waals surface area (Å²) in [7, 11) is -2.47. The number of halogens is 3. The third-order valence-corrected chi connectivity index (χ3v) is 5.67. The lowest BCUT2D eigenvalue weighted by atomic mass is 10.1. The van der Waals surface area contributed by atoms with Crippen molar-refractivity contribution in [2.75, 3.05) is 20.3 Å². The molecular formula is C13H14F3NO5S. The number of benzene rings is 1. The van der Waals surface area contributed by atoms with Crippen LogP contribution in [0.5, 0.6) is 5.75 Å². The van der Waals surface area contributed by atoms with Crippen molar-refractivity contribution >= 4 is 10.0 Å². The summed E-state index contributed by atoms with van der Waals surface area (Å²) < 4.78 is 76.9. The molecule has 0 radical (unpaired) electrons. The van der Waals surface area contributed by atoms with Gasteiger partial charge in [-0.3, -0.25) is 0 Å². The Labute approximate surface area is 130 Å². The zero-order chi connectivity index (χ0) is 16.8. The maximum atomic E-state index is 12.5. The Morgan fingerprint density at radius 3 is 2.48 bits per heavy atom. The summed E-state index contributed by atoms with van der Waals surface area (Å²) >= 11 is 0. The van der Waals surface area contributed by atoms with Gasteiger partial charge in [-0.15, -0.1) is 13.2 Å². The largest absolute Gasteiger partial charge is 0.573 e. The molecule has 128 valence electrons. The van der Waals surface area contributed by atoms with Crippen LogP contribution in [-0.2, 0) is 19.5 Å². The molecule has 0 amide bonds. The highest BCUT2D eigenvalue weighted by Crippen LogP contribution is 2.34. The number of hydrogen-bond donors (Lipinski definition) is 0. The van der Waals surface area contributed by atoms with Crippen LogP contribution in [0.15, 0.2) is 29.2 Å². The molecule has 0 aromatic heterocycles. The predicted molar refractivity (Wildman–Crippen MR) is 71.3 cm³/mol. The van der Waals surface area contributed by atoms with E-state index in [1.165, 1.54) is 7.05 Å². The molecule has 2 heterocycles. The minimum atomic E-state index is -4.82. The van der Waals surface area contributed by atoms with Crippen molar-refractivity contribution in [3.63, 3.8) is 0 Å². The predicted octanol–water partition coefficient (Wildman–Crippen LogP) is 1.37. The molecule has 10 heteroatoms. The van der Waals surface area contributed by atoms with Gasteiger partial charge in [0, 0.05) is 7.05 Å². The quantitative estimate of drug-likeness (QED) is 0.765. The summed E-state index contributed by atoms with van der Waals surface area (Å²) in [6.45, 7) is 0.657. The van der Waals surface area contributed by atoms with Crippen LogP contribution in [0.4, 0.5) is 13.2 Å². The van der Waals surface area contributed by atoms with E-state index in [1.807, 2.05) is 0 Å². The van der Waals surface area contributed by atoms with Crippen LogP contribution in [0.25, 0.3) is 0 Å². The molecule has 2 aliphatic rings. The van der Waals surface area contributed by atoms with Gasteiger partial charge in [-0.25, -0.2) is 8.42 Å². The van der Waals surface area contributed by atoms with Gasteiger partial charge in [-0.2, -0.15) is 4.31 Å². The van der Waals surface area contributed by atoms with E-state index in [2.05, 4.69) is 4.74 Å². The van der Waals surface area contributed by atoms with Crippen LogP contribution < -0.4 is 4.74 Å². The lowest BCUT2D eigenvalue weighted by Gasteiger charge is -2.28. The lowest BCUT2D eigenvalue weighted by molar-refractivity contribution is -0.274. The van der Waals surface area contributed by atoms with E-state index in [-0.39, 0.29) is 23.7 Å². The summed E-state index contributed by atoms with van der Waals surface area (Å²) in [4.78, 5) is -0.128. The molecular weight excluding hydrogens is 339 g/mol. The minimum Gasteiger partial charge on any atom is -0.406 e. The Balaban J connectivity index is 1.76. The second-order valence-electron chi connectivity index (χ2n) is 5.28. The molecule has 1 aromatic rings. The standard InChI is InChI=1S/C13H14F3NO5S/c1-17(10-6-20-7-11-12(10)21-11)23(18,19)9-4-2-8(3-5-9)22-13(14,15)16/h2-5,10-12H,6-7H2,1H3/t10-,11?,12+/m0/s1. The maximum Gasteiger partial charge on any atom is 0.573 e. The van der Waals surface area contributed by atoms with Gasteiger partial charge in [0.15, 0.2) is 0 Å². The zero-order valence-corrected chi connectivity index (χ0v) is 12.8. The molecule has 1 aromatic carbocycles. The highest BCUT2D eigenvalue weighted by Gasteiger charge is 2.52. The molecule has 6 nitrogen and oxygen atoms in total. The first-order chi connectivity index (χ1) is 10.7. The molecule has 0 aliphatic carbocycles. The van der Waals surface area contributed by atoms with Crippen LogP contribution in [0.2, 0.25) is 0 Å². The van der Waals surface area contributed by atoms with Crippen molar-refractivity contribution in [2.45, 2.75) is 29.5 Å². The van der Waals surface area contributed by atoms with Crippen LogP contribution in [0.3, 0.4) is 0 Å². The first-order valence-electron chi connectivity index (χ1n) is 6.75. The number of sulfonamides is 1. The lowest BCUT2D eigenvalue weighted by Crippen LogP contribution is -2.46. The number of epoxide rings is 1. The second kappa shape index (κ2) is 5.62. The summed E-state index contributed by atoms with van der Waals surface area (Å²) in [5.41, 5.74) is 0. The molecule has 0 saturated carbocycles. The van der Waals surface area contributed by atoms with Gasteiger partial charge in [0.05, 0.1) is 24.2 Å². The number of fused-ring (bicyclic) bond motifs is 1. The monoisotopic (exact) mass is 353 g/mol. The average Bonchev–Trinajstić information content (AvgIpc) is 3.24. The average molecular weight is 353 g/mol. The van der Waals surface area contributed by atoms with Crippen LogP contribution in [0, 0.1) is 0 Å². The molecule has 3 atom stereocenters. The smallest absolute Gasteiger partial charge is 0.406 e. The first kappa shape index (κ1) is 16.5. The number of ether oxygens (including phenoxy) is 3. The SMILES string of the molecule is CN([C@H]1COCC2O[C@@H]21)S(=O)(=O)c1ccc(OC(F)(F)F)cc1. The molecule has 0 bridgehead atoms. The minimum absolute atomic E-state index is 0.0889. The molecule has 2 aliphatic heterocycles. The Bertz CT molecular complexity index is 676.